The molecule has 0 saturated carbocycles. The summed E-state index contributed by atoms with van der Waals surface area (Å²) >= 11 is 0.963. The summed E-state index contributed by atoms with van der Waals surface area (Å²) in [6.45, 7) is 0.909. The van der Waals surface area contributed by atoms with Crippen molar-refractivity contribution < 1.29 is 127 Å². The third kappa shape index (κ3) is 8.70. The first-order valence-corrected chi connectivity index (χ1v) is 12.4. The van der Waals surface area contributed by atoms with E-state index in [0.717, 1.165) is 34.1 Å². The van der Waals surface area contributed by atoms with Crippen LogP contribution < -0.4 is 118 Å². The van der Waals surface area contributed by atoms with Crippen LogP contribution in [0, 0.1) is 0 Å². The Hall–Kier alpha value is -1.10. The molecule has 1 aliphatic rings. The largest absolute Gasteiger partial charge is 1.00 e. The van der Waals surface area contributed by atoms with Crippen molar-refractivity contribution in [3.05, 3.63) is 108 Å². The maximum atomic E-state index is 11.7. The first-order chi connectivity index (χ1) is 17.9. The molecule has 11 heteroatoms. The van der Waals surface area contributed by atoms with Crippen LogP contribution in [0.15, 0.2) is 90.3 Å². The molecular weight excluding hydrogens is 569 g/mol. The Balaban J connectivity index is 0.00000210. The van der Waals surface area contributed by atoms with Gasteiger partial charge in [-0.25, -0.2) is 9.98 Å². The van der Waals surface area contributed by atoms with Crippen LogP contribution >= 0.6 is 11.8 Å². The fourth-order valence-electron chi connectivity index (χ4n) is 4.06. The van der Waals surface area contributed by atoms with Crippen molar-refractivity contribution in [2.45, 2.75) is 24.8 Å². The van der Waals surface area contributed by atoms with Crippen LogP contribution in [-0.4, -0.2) is 31.9 Å². The van der Waals surface area contributed by atoms with E-state index in [0.29, 0.717) is 30.9 Å². The Morgan fingerprint density at radius 1 is 0.974 bits per heavy atom. The van der Waals surface area contributed by atoms with Crippen molar-refractivity contribution in [3.63, 3.8) is 0 Å². The summed E-state index contributed by atoms with van der Waals surface area (Å²) < 4.78 is 7.79. The fraction of sp³-hybridized carbons (Fsp3) is 0.143. The molecule has 0 saturated heterocycles. The molecule has 5 rings (SSSR count). The van der Waals surface area contributed by atoms with Crippen LogP contribution in [0.4, 0.5) is 0 Å². The number of benzene rings is 3. The van der Waals surface area contributed by atoms with Gasteiger partial charge in [-0.15, -0.1) is 11.8 Å². The number of aliphatic imine (C=N–C) groups is 1. The van der Waals surface area contributed by atoms with Gasteiger partial charge >= 0.3 is 103 Å². The maximum absolute atomic E-state index is 11.7. The Bertz CT molecular complexity index is 1470. The summed E-state index contributed by atoms with van der Waals surface area (Å²) in [5.41, 5.74) is 4.35. The molecule has 0 bridgehead atoms. The molecule has 0 spiro atoms. The third-order valence-electron chi connectivity index (χ3n) is 5.91. The predicted octanol–water partition coefficient (Wildman–Crippen LogP) is -3.55. The van der Waals surface area contributed by atoms with Crippen molar-refractivity contribution in [3.8, 4) is 16.9 Å². The minimum absolute atomic E-state index is 0. The zero-order chi connectivity index (χ0) is 25.8. The Morgan fingerprint density at radius 2 is 1.67 bits per heavy atom. The van der Waals surface area contributed by atoms with Crippen LogP contribution in [0.5, 0.6) is 5.75 Å². The second-order valence-electron chi connectivity index (χ2n) is 8.53. The number of thioether (sulfide) groups is 1. The van der Waals surface area contributed by atoms with Gasteiger partial charge < -0.3 is 24.3 Å². The molecule has 1 aliphatic heterocycles. The number of aromatic nitrogens is 2. The van der Waals surface area contributed by atoms with Crippen LogP contribution in [0.1, 0.15) is 27.2 Å². The molecular formula is C28H21K2N3O5S. The third-order valence-corrected chi connectivity index (χ3v) is 6.86. The van der Waals surface area contributed by atoms with E-state index >= 15 is 0 Å². The molecule has 1 aromatic heterocycles. The van der Waals surface area contributed by atoms with Gasteiger partial charge in [0.2, 0.25) is 0 Å². The summed E-state index contributed by atoms with van der Waals surface area (Å²) in [5, 5.41) is 21.8. The van der Waals surface area contributed by atoms with Crippen molar-refractivity contribution >= 4 is 28.9 Å². The molecule has 186 valence electrons. The molecule has 4 aromatic rings. The normalized spacial score (nSPS) is 14.2. The molecule has 39 heavy (non-hydrogen) atoms. The average Bonchev–Trinajstić information content (AvgIpc) is 3.48. The van der Waals surface area contributed by atoms with E-state index in [4.69, 9.17) is 4.74 Å². The zero-order valence-corrected chi connectivity index (χ0v) is 28.6. The van der Waals surface area contributed by atoms with E-state index in [9.17, 15) is 19.8 Å². The van der Waals surface area contributed by atoms with Crippen molar-refractivity contribution in [2.75, 3.05) is 0 Å². The number of amides is 1. The summed E-state index contributed by atoms with van der Waals surface area (Å²) in [5.74, 6) is -0.891. The van der Waals surface area contributed by atoms with E-state index in [1.807, 2.05) is 59.3 Å². The van der Waals surface area contributed by atoms with Crippen molar-refractivity contribution in [2.24, 2.45) is 4.99 Å². The SMILES string of the molecule is O=C([O-])c1ccccc1-c1ccc(Cn2cnc(COc3ccc(CC4SC([O-])=NC4=O)cc3)c2)cc1.[K+].[K+]. The number of imidazole rings is 1. The number of rotatable bonds is 9. The van der Waals surface area contributed by atoms with Crippen LogP contribution in [0.3, 0.4) is 0 Å². The summed E-state index contributed by atoms with van der Waals surface area (Å²) in [6.07, 6.45) is 4.11. The smallest absolute Gasteiger partial charge is 0.854 e. The number of aromatic carboxylic acids is 1. The van der Waals surface area contributed by atoms with E-state index in [2.05, 4.69) is 9.98 Å². The van der Waals surface area contributed by atoms with Gasteiger partial charge in [-0.3, -0.25) is 4.79 Å². The van der Waals surface area contributed by atoms with Gasteiger partial charge in [0.05, 0.1) is 23.2 Å². The number of carbonyl (C=O) groups is 2. The fourth-order valence-corrected chi connectivity index (χ4v) is 4.88. The Morgan fingerprint density at radius 3 is 2.33 bits per heavy atom. The monoisotopic (exact) mass is 589 g/mol. The van der Waals surface area contributed by atoms with Gasteiger partial charge in [0, 0.05) is 23.5 Å². The molecule has 0 fully saturated rings. The number of carboxylic acid groups (broad SMARTS) is 1. The van der Waals surface area contributed by atoms with Gasteiger partial charge in [0.25, 0.3) is 5.91 Å². The van der Waals surface area contributed by atoms with Gasteiger partial charge in [0.15, 0.2) is 0 Å². The van der Waals surface area contributed by atoms with E-state index in [1.54, 1.807) is 30.6 Å². The van der Waals surface area contributed by atoms with Gasteiger partial charge in [-0.1, -0.05) is 60.7 Å². The molecule has 0 radical (unpaired) electrons. The molecule has 0 aliphatic carbocycles. The molecule has 1 amide bonds. The van der Waals surface area contributed by atoms with Gasteiger partial charge in [0.1, 0.15) is 12.4 Å². The molecule has 2 heterocycles. The minimum Gasteiger partial charge on any atom is -0.854 e. The minimum atomic E-state index is -1.20. The number of nitrogens with zero attached hydrogens (tertiary/aromatic N) is 3. The summed E-state index contributed by atoms with van der Waals surface area (Å²) in [4.78, 5) is 30.9. The van der Waals surface area contributed by atoms with E-state index < -0.39 is 16.4 Å². The predicted molar refractivity (Wildman–Crippen MR) is 136 cm³/mol. The maximum Gasteiger partial charge on any atom is 1.00 e. The zero-order valence-electron chi connectivity index (χ0n) is 21.6. The quantitative estimate of drug-likeness (QED) is 0.186. The first-order valence-electron chi connectivity index (χ1n) is 11.5. The van der Waals surface area contributed by atoms with E-state index in [1.165, 1.54) is 0 Å². The molecule has 1 atom stereocenters. The average molecular weight is 590 g/mol. The molecule has 1 unspecified atom stereocenters. The summed E-state index contributed by atoms with van der Waals surface area (Å²) in [7, 11) is 0. The molecule has 0 N–H and O–H groups in total. The van der Waals surface area contributed by atoms with Gasteiger partial charge in [-0.2, -0.15) is 0 Å². The number of carboxylic acids is 1. The van der Waals surface area contributed by atoms with Crippen molar-refractivity contribution in [1.29, 1.82) is 0 Å². The standard InChI is InChI=1S/C28H23N3O5S.2K/c32-26-25(37-28(35)30-26)13-18-7-11-22(12-8-18)36-16-21-15-31(17-29-21)14-19-5-9-20(10-6-19)23-3-1-2-4-24(23)27(33)34;;/h1-12,15,17,25H,13-14,16H2,(H,33,34)(H,30,32,35);;/q;2*+1/p-2. The molecule has 8 nitrogen and oxygen atoms in total. The van der Waals surface area contributed by atoms with Crippen LogP contribution in [0.25, 0.3) is 11.1 Å². The Kier molecular flexibility index (Phi) is 12.7. The summed E-state index contributed by atoms with van der Waals surface area (Å²) in [6, 6.07) is 21.9. The van der Waals surface area contributed by atoms with Gasteiger partial charge in [-0.05, 0) is 40.8 Å². The van der Waals surface area contributed by atoms with E-state index in [-0.39, 0.29) is 114 Å². The number of hydrogen-bond donors (Lipinski definition) is 0. The second-order valence-corrected chi connectivity index (χ2v) is 9.68. The topological polar surface area (TPSA) is 120 Å². The number of hydrogen-bond acceptors (Lipinski definition) is 7. The second kappa shape index (κ2) is 15.2. The first kappa shape index (κ1) is 32.4. The van der Waals surface area contributed by atoms with Crippen LogP contribution in [-0.2, 0) is 24.4 Å². The van der Waals surface area contributed by atoms with Crippen molar-refractivity contribution in [1.82, 2.24) is 9.55 Å². The number of carbonyl (C=O) groups excluding carboxylic acids is 2. The Labute approximate surface area is 315 Å². The molecule has 3 aromatic carbocycles. The van der Waals surface area contributed by atoms with Crippen LogP contribution in [0.2, 0.25) is 0 Å². The number of ether oxygens (including phenoxy) is 1.